The highest BCUT2D eigenvalue weighted by Crippen LogP contribution is 2.48. The SMILES string of the molecule is [C-]#[N+]c1c(NC(=O)OCCCN2CCOCC2)ncc2c1-c1ccccc1C(c1ccc(Cl)c(Cl)c1)C2. The summed E-state index contributed by atoms with van der Waals surface area (Å²) in [6.45, 7) is 12.3. The van der Waals surface area contributed by atoms with E-state index in [1.807, 2.05) is 30.3 Å². The van der Waals surface area contributed by atoms with Crippen LogP contribution in [0.5, 0.6) is 0 Å². The Bertz CT molecular complexity index is 1350. The number of fused-ring (bicyclic) bond motifs is 3. The lowest BCUT2D eigenvalue weighted by Gasteiger charge is -2.29. The van der Waals surface area contributed by atoms with Crippen LogP contribution in [-0.4, -0.2) is 55.4 Å². The number of aromatic nitrogens is 1. The van der Waals surface area contributed by atoms with E-state index in [-0.39, 0.29) is 18.3 Å². The van der Waals surface area contributed by atoms with Crippen molar-refractivity contribution in [3.8, 4) is 11.1 Å². The molecule has 0 spiro atoms. The van der Waals surface area contributed by atoms with Gasteiger partial charge in [0.2, 0.25) is 5.69 Å². The molecule has 1 atom stereocenters. The molecule has 1 aromatic heterocycles. The van der Waals surface area contributed by atoms with Crippen LogP contribution in [0.4, 0.5) is 16.3 Å². The van der Waals surface area contributed by atoms with Gasteiger partial charge in [0.25, 0.3) is 0 Å². The summed E-state index contributed by atoms with van der Waals surface area (Å²) >= 11 is 12.5. The second kappa shape index (κ2) is 11.5. The molecular weight excluding hydrogens is 511 g/mol. The third-order valence-corrected chi connectivity index (χ3v) is 7.53. The Kier molecular flexibility index (Phi) is 7.92. The standard InChI is InChI=1S/C28H26Cl2N4O3/c1-31-26-25-19(17-32-27(26)33-28(35)37-12-4-9-34-10-13-36-14-11-34)15-22(20-5-2-3-6-21(20)25)18-7-8-23(29)24(30)16-18/h2-3,5-8,16-17,22H,4,9-15H2,(H,32,33,35). The molecule has 1 fully saturated rings. The number of hydrogen-bond acceptors (Lipinski definition) is 5. The number of nitrogens with zero attached hydrogens (tertiary/aromatic N) is 3. The second-order valence-corrected chi connectivity index (χ2v) is 9.87. The van der Waals surface area contributed by atoms with Crippen LogP contribution in [0.15, 0.2) is 48.7 Å². The van der Waals surface area contributed by atoms with E-state index in [1.54, 1.807) is 12.3 Å². The number of carbonyl (C=O) groups is 1. The van der Waals surface area contributed by atoms with Gasteiger partial charge in [-0.25, -0.2) is 9.64 Å². The van der Waals surface area contributed by atoms with E-state index in [2.05, 4.69) is 26.1 Å². The summed E-state index contributed by atoms with van der Waals surface area (Å²) in [4.78, 5) is 23.0. The van der Waals surface area contributed by atoms with E-state index < -0.39 is 6.09 Å². The minimum atomic E-state index is -0.614. The van der Waals surface area contributed by atoms with Crippen molar-refractivity contribution < 1.29 is 14.3 Å². The van der Waals surface area contributed by atoms with E-state index in [4.69, 9.17) is 39.2 Å². The van der Waals surface area contributed by atoms with Crippen LogP contribution < -0.4 is 5.32 Å². The molecule has 1 saturated heterocycles. The number of halogens is 2. The van der Waals surface area contributed by atoms with E-state index in [0.717, 1.165) is 67.1 Å². The molecule has 0 bridgehead atoms. The number of carbonyl (C=O) groups excluding carboxylic acids is 1. The fraction of sp³-hybridized carbons (Fsp3) is 0.321. The Morgan fingerprint density at radius 2 is 2.00 bits per heavy atom. The molecule has 0 saturated carbocycles. The maximum absolute atomic E-state index is 12.5. The van der Waals surface area contributed by atoms with Crippen molar-refractivity contribution in [2.75, 3.05) is 44.8 Å². The van der Waals surface area contributed by atoms with Crippen LogP contribution in [0.3, 0.4) is 0 Å². The van der Waals surface area contributed by atoms with Crippen LogP contribution in [-0.2, 0) is 15.9 Å². The van der Waals surface area contributed by atoms with Crippen molar-refractivity contribution in [3.05, 3.63) is 86.8 Å². The van der Waals surface area contributed by atoms with Gasteiger partial charge in [0, 0.05) is 31.7 Å². The van der Waals surface area contributed by atoms with Gasteiger partial charge in [-0.15, -0.1) is 0 Å². The molecule has 1 amide bonds. The predicted octanol–water partition coefficient (Wildman–Crippen LogP) is 6.56. The molecule has 1 aliphatic carbocycles. The number of pyridine rings is 1. The Labute approximate surface area is 226 Å². The summed E-state index contributed by atoms with van der Waals surface area (Å²) in [5, 5.41) is 3.70. The van der Waals surface area contributed by atoms with Gasteiger partial charge >= 0.3 is 6.09 Å². The Morgan fingerprint density at radius 3 is 2.78 bits per heavy atom. The zero-order valence-corrected chi connectivity index (χ0v) is 21.7. The number of anilines is 1. The van der Waals surface area contributed by atoms with Gasteiger partial charge in [-0.2, -0.15) is 0 Å². The lowest BCUT2D eigenvalue weighted by Crippen LogP contribution is -2.37. The molecule has 37 heavy (non-hydrogen) atoms. The first-order chi connectivity index (χ1) is 18.0. The number of rotatable bonds is 6. The Balaban J connectivity index is 1.34. The first-order valence-corrected chi connectivity index (χ1v) is 13.0. The number of nitrogens with one attached hydrogen (secondary N) is 1. The molecule has 9 heteroatoms. The average Bonchev–Trinajstić information content (AvgIpc) is 2.92. The molecule has 2 heterocycles. The normalized spacial score (nSPS) is 16.8. The molecule has 2 aliphatic rings. The Hall–Kier alpha value is -3.15. The van der Waals surface area contributed by atoms with Crippen LogP contribution in [0.1, 0.15) is 29.0 Å². The molecule has 7 nitrogen and oxygen atoms in total. The zero-order valence-electron chi connectivity index (χ0n) is 20.2. The van der Waals surface area contributed by atoms with Crippen molar-refractivity contribution in [1.82, 2.24) is 9.88 Å². The van der Waals surface area contributed by atoms with Crippen molar-refractivity contribution in [1.29, 1.82) is 0 Å². The zero-order chi connectivity index (χ0) is 25.8. The minimum Gasteiger partial charge on any atom is -0.449 e. The number of morpholine rings is 1. The molecule has 3 aromatic rings. The second-order valence-electron chi connectivity index (χ2n) is 9.05. The molecular formula is C28H26Cl2N4O3. The summed E-state index contributed by atoms with van der Waals surface area (Å²) in [6.07, 6.45) is 2.49. The number of benzene rings is 2. The number of hydrogen-bond donors (Lipinski definition) is 1. The molecule has 0 radical (unpaired) electrons. The monoisotopic (exact) mass is 536 g/mol. The summed E-state index contributed by atoms with van der Waals surface area (Å²) in [5.74, 6) is 0.240. The molecule has 1 N–H and O–H groups in total. The van der Waals surface area contributed by atoms with Gasteiger partial charge < -0.3 is 9.47 Å². The fourth-order valence-electron chi connectivity index (χ4n) is 4.99. The highest BCUT2D eigenvalue weighted by Gasteiger charge is 2.30. The maximum Gasteiger partial charge on any atom is 0.411 e. The largest absolute Gasteiger partial charge is 0.449 e. The molecule has 190 valence electrons. The van der Waals surface area contributed by atoms with E-state index in [0.29, 0.717) is 22.2 Å². The minimum absolute atomic E-state index is 0.0362. The molecule has 1 aliphatic heterocycles. The smallest absolute Gasteiger partial charge is 0.411 e. The molecule has 2 aromatic carbocycles. The maximum atomic E-state index is 12.5. The van der Waals surface area contributed by atoms with Crippen molar-refractivity contribution >= 4 is 40.8 Å². The van der Waals surface area contributed by atoms with Crippen LogP contribution in [0, 0.1) is 6.57 Å². The van der Waals surface area contributed by atoms with Crippen LogP contribution >= 0.6 is 23.2 Å². The summed E-state index contributed by atoms with van der Waals surface area (Å²) in [5.41, 5.74) is 5.10. The van der Waals surface area contributed by atoms with Gasteiger partial charge in [0.15, 0.2) is 0 Å². The number of amides is 1. The van der Waals surface area contributed by atoms with Crippen molar-refractivity contribution in [3.63, 3.8) is 0 Å². The van der Waals surface area contributed by atoms with Gasteiger partial charge in [-0.3, -0.25) is 15.2 Å². The molecule has 1 unspecified atom stereocenters. The number of ether oxygens (including phenoxy) is 2. The quantitative estimate of drug-likeness (QED) is 0.285. The fourth-order valence-corrected chi connectivity index (χ4v) is 5.30. The summed E-state index contributed by atoms with van der Waals surface area (Å²) < 4.78 is 10.7. The first-order valence-electron chi connectivity index (χ1n) is 12.2. The van der Waals surface area contributed by atoms with Crippen molar-refractivity contribution in [2.24, 2.45) is 0 Å². The highest BCUT2D eigenvalue weighted by atomic mass is 35.5. The third-order valence-electron chi connectivity index (χ3n) is 6.80. The summed E-state index contributed by atoms with van der Waals surface area (Å²) in [7, 11) is 0. The van der Waals surface area contributed by atoms with E-state index in [1.165, 1.54) is 0 Å². The highest BCUT2D eigenvalue weighted by molar-refractivity contribution is 6.42. The first kappa shape index (κ1) is 25.5. The lowest BCUT2D eigenvalue weighted by molar-refractivity contribution is 0.0348. The third kappa shape index (κ3) is 5.58. The average molecular weight is 537 g/mol. The lowest BCUT2D eigenvalue weighted by atomic mass is 9.76. The van der Waals surface area contributed by atoms with Gasteiger partial charge in [0.1, 0.15) is 5.82 Å². The van der Waals surface area contributed by atoms with Crippen molar-refractivity contribution in [2.45, 2.75) is 18.8 Å². The van der Waals surface area contributed by atoms with E-state index >= 15 is 0 Å². The van der Waals surface area contributed by atoms with Gasteiger partial charge in [0.05, 0.1) is 36.4 Å². The molecule has 5 rings (SSSR count). The van der Waals surface area contributed by atoms with Crippen LogP contribution in [0.25, 0.3) is 16.0 Å². The summed E-state index contributed by atoms with van der Waals surface area (Å²) in [6, 6.07) is 13.7. The van der Waals surface area contributed by atoms with Gasteiger partial charge in [-0.05, 0) is 52.8 Å². The Morgan fingerprint density at radius 1 is 1.19 bits per heavy atom. The van der Waals surface area contributed by atoms with Crippen LogP contribution in [0.2, 0.25) is 10.0 Å². The predicted molar refractivity (Wildman–Crippen MR) is 145 cm³/mol. The topological polar surface area (TPSA) is 68.0 Å². The van der Waals surface area contributed by atoms with E-state index in [9.17, 15) is 4.79 Å². The van der Waals surface area contributed by atoms with Gasteiger partial charge in [-0.1, -0.05) is 53.5 Å².